The summed E-state index contributed by atoms with van der Waals surface area (Å²) >= 11 is 0. The van der Waals surface area contributed by atoms with Gasteiger partial charge in [0.15, 0.2) is 0 Å². The molecule has 2 heterocycles. The molecule has 1 unspecified atom stereocenters. The first-order chi connectivity index (χ1) is 8.88. The highest BCUT2D eigenvalue weighted by atomic mass is 16.5. The Morgan fingerprint density at radius 3 is 3.22 bits per heavy atom. The lowest BCUT2D eigenvalue weighted by Gasteiger charge is -2.31. The van der Waals surface area contributed by atoms with E-state index >= 15 is 0 Å². The number of methoxy groups -OCH3 is 1. The molecule has 1 aromatic heterocycles. The first-order valence-electron chi connectivity index (χ1n) is 6.74. The molecule has 18 heavy (non-hydrogen) atoms. The van der Waals surface area contributed by atoms with Gasteiger partial charge in [-0.1, -0.05) is 6.07 Å². The Kier molecular flexibility index (Phi) is 5.58. The average Bonchev–Trinajstić information content (AvgIpc) is 2.45. The third-order valence-corrected chi connectivity index (χ3v) is 3.43. The summed E-state index contributed by atoms with van der Waals surface area (Å²) in [6, 6.07) is 6.02. The van der Waals surface area contributed by atoms with Crippen LogP contribution in [0.2, 0.25) is 0 Å². The van der Waals surface area contributed by atoms with E-state index in [1.165, 1.54) is 19.4 Å². The Balaban J connectivity index is 1.60. The van der Waals surface area contributed by atoms with Crippen molar-refractivity contribution in [1.29, 1.82) is 0 Å². The first-order valence-corrected chi connectivity index (χ1v) is 6.74. The molecule has 1 fully saturated rings. The second-order valence-electron chi connectivity index (χ2n) is 4.80. The molecule has 0 amide bonds. The van der Waals surface area contributed by atoms with Gasteiger partial charge in [0, 0.05) is 39.5 Å². The first kappa shape index (κ1) is 13.5. The molecule has 1 N–H and O–H groups in total. The number of ether oxygens (including phenoxy) is 1. The molecule has 0 saturated carbocycles. The normalized spacial score (nSPS) is 21.1. The fraction of sp³-hybridized carbons (Fsp3) is 0.643. The highest BCUT2D eigenvalue weighted by Crippen LogP contribution is 2.11. The molecule has 0 aliphatic carbocycles. The summed E-state index contributed by atoms with van der Waals surface area (Å²) in [6.07, 6.45) is 4.72. The third kappa shape index (κ3) is 4.37. The van der Waals surface area contributed by atoms with Crippen LogP contribution in [0.1, 0.15) is 18.5 Å². The fourth-order valence-electron chi connectivity index (χ4n) is 2.36. The Hall–Kier alpha value is -0.970. The van der Waals surface area contributed by atoms with Crippen LogP contribution in [-0.2, 0) is 11.3 Å². The maximum absolute atomic E-state index is 5.42. The molecular formula is C14H23N3O. The van der Waals surface area contributed by atoms with E-state index in [4.69, 9.17) is 4.74 Å². The molecule has 2 rings (SSSR count). The Bertz CT molecular complexity index is 331. The van der Waals surface area contributed by atoms with Crippen LogP contribution in [0, 0.1) is 0 Å². The smallest absolute Gasteiger partial charge is 0.0698 e. The number of hydrogen-bond donors (Lipinski definition) is 1. The number of hydrogen-bond acceptors (Lipinski definition) is 4. The molecule has 0 radical (unpaired) electrons. The molecule has 4 heteroatoms. The molecule has 0 spiro atoms. The summed E-state index contributed by atoms with van der Waals surface area (Å²) in [5.41, 5.74) is 1.10. The number of aromatic nitrogens is 1. The Labute approximate surface area is 109 Å². The number of rotatable bonds is 6. The summed E-state index contributed by atoms with van der Waals surface area (Å²) in [5, 5.41) is 3.44. The van der Waals surface area contributed by atoms with E-state index < -0.39 is 0 Å². The zero-order valence-electron chi connectivity index (χ0n) is 11.1. The second kappa shape index (κ2) is 7.46. The predicted octanol–water partition coefficient (Wildman–Crippen LogP) is 1.28. The van der Waals surface area contributed by atoms with Crippen molar-refractivity contribution in [2.24, 2.45) is 0 Å². The van der Waals surface area contributed by atoms with Crippen molar-refractivity contribution < 1.29 is 4.74 Å². The third-order valence-electron chi connectivity index (χ3n) is 3.43. The average molecular weight is 249 g/mol. The van der Waals surface area contributed by atoms with E-state index in [2.05, 4.69) is 21.3 Å². The molecule has 4 nitrogen and oxygen atoms in total. The van der Waals surface area contributed by atoms with Crippen LogP contribution in [0.5, 0.6) is 0 Å². The zero-order valence-corrected chi connectivity index (χ0v) is 11.1. The molecule has 1 atom stereocenters. The van der Waals surface area contributed by atoms with Crippen molar-refractivity contribution in [1.82, 2.24) is 15.2 Å². The highest BCUT2D eigenvalue weighted by molar-refractivity contribution is 5.02. The van der Waals surface area contributed by atoms with Crippen LogP contribution in [0.3, 0.4) is 0 Å². The van der Waals surface area contributed by atoms with Gasteiger partial charge in [-0.25, -0.2) is 0 Å². The van der Waals surface area contributed by atoms with Crippen molar-refractivity contribution in [3.8, 4) is 0 Å². The number of piperidine rings is 1. The summed E-state index contributed by atoms with van der Waals surface area (Å²) < 4.78 is 5.42. The standard InChI is InChI=1S/C14H23N3O/c1-18-14-6-4-9-17(12-14)10-8-15-11-13-5-2-3-7-16-13/h2-3,5,7,14-15H,4,6,8-12H2,1H3. The van der Waals surface area contributed by atoms with Crippen molar-refractivity contribution >= 4 is 0 Å². The van der Waals surface area contributed by atoms with E-state index in [0.29, 0.717) is 6.10 Å². The summed E-state index contributed by atoms with van der Waals surface area (Å²) in [4.78, 5) is 6.77. The van der Waals surface area contributed by atoms with Gasteiger partial charge in [-0.2, -0.15) is 0 Å². The van der Waals surface area contributed by atoms with Crippen molar-refractivity contribution in [2.45, 2.75) is 25.5 Å². The van der Waals surface area contributed by atoms with Gasteiger partial charge >= 0.3 is 0 Å². The molecule has 1 aliphatic rings. The minimum Gasteiger partial charge on any atom is -0.380 e. The Morgan fingerprint density at radius 1 is 1.50 bits per heavy atom. The van der Waals surface area contributed by atoms with E-state index in [1.807, 2.05) is 25.4 Å². The van der Waals surface area contributed by atoms with Gasteiger partial charge in [0.1, 0.15) is 0 Å². The quantitative estimate of drug-likeness (QED) is 0.771. The van der Waals surface area contributed by atoms with Gasteiger partial charge in [-0.05, 0) is 31.5 Å². The molecule has 100 valence electrons. The lowest BCUT2D eigenvalue weighted by Crippen LogP contribution is -2.42. The van der Waals surface area contributed by atoms with E-state index in [-0.39, 0.29) is 0 Å². The van der Waals surface area contributed by atoms with Crippen LogP contribution in [0.4, 0.5) is 0 Å². The van der Waals surface area contributed by atoms with Crippen molar-refractivity contribution in [3.63, 3.8) is 0 Å². The topological polar surface area (TPSA) is 37.4 Å². The molecule has 1 aromatic rings. The molecule has 1 aliphatic heterocycles. The summed E-state index contributed by atoms with van der Waals surface area (Å²) in [6.45, 7) is 5.22. The van der Waals surface area contributed by atoms with Gasteiger partial charge in [-0.3, -0.25) is 9.88 Å². The Morgan fingerprint density at radius 2 is 2.44 bits per heavy atom. The van der Waals surface area contributed by atoms with Crippen LogP contribution in [0.25, 0.3) is 0 Å². The summed E-state index contributed by atoms with van der Waals surface area (Å²) in [7, 11) is 1.81. The van der Waals surface area contributed by atoms with Crippen molar-refractivity contribution in [3.05, 3.63) is 30.1 Å². The van der Waals surface area contributed by atoms with Crippen LogP contribution in [-0.4, -0.2) is 49.3 Å². The summed E-state index contributed by atoms with van der Waals surface area (Å²) in [5.74, 6) is 0. The van der Waals surface area contributed by atoms with Gasteiger partial charge in [0.25, 0.3) is 0 Å². The number of pyridine rings is 1. The number of likely N-dealkylation sites (tertiary alicyclic amines) is 1. The zero-order chi connectivity index (χ0) is 12.6. The van der Waals surface area contributed by atoms with E-state index in [9.17, 15) is 0 Å². The van der Waals surface area contributed by atoms with Gasteiger partial charge in [0.05, 0.1) is 11.8 Å². The molecule has 0 bridgehead atoms. The van der Waals surface area contributed by atoms with Gasteiger partial charge in [0.2, 0.25) is 0 Å². The SMILES string of the molecule is COC1CCCN(CCNCc2ccccn2)C1. The number of nitrogens with one attached hydrogen (secondary N) is 1. The maximum atomic E-state index is 5.42. The molecule has 1 saturated heterocycles. The predicted molar refractivity (Wildman–Crippen MR) is 72.4 cm³/mol. The maximum Gasteiger partial charge on any atom is 0.0698 e. The van der Waals surface area contributed by atoms with Crippen molar-refractivity contribution in [2.75, 3.05) is 33.3 Å². The fourth-order valence-corrected chi connectivity index (χ4v) is 2.36. The molecular weight excluding hydrogens is 226 g/mol. The van der Waals surface area contributed by atoms with Crippen LogP contribution >= 0.6 is 0 Å². The number of nitrogens with zero attached hydrogens (tertiary/aromatic N) is 2. The lowest BCUT2D eigenvalue weighted by atomic mass is 10.1. The van der Waals surface area contributed by atoms with Crippen LogP contribution < -0.4 is 5.32 Å². The minimum atomic E-state index is 0.426. The largest absolute Gasteiger partial charge is 0.380 e. The second-order valence-corrected chi connectivity index (χ2v) is 4.80. The van der Waals surface area contributed by atoms with Gasteiger partial charge < -0.3 is 10.1 Å². The van der Waals surface area contributed by atoms with Gasteiger partial charge in [-0.15, -0.1) is 0 Å². The molecule has 0 aromatic carbocycles. The van der Waals surface area contributed by atoms with E-state index in [1.54, 1.807) is 0 Å². The van der Waals surface area contributed by atoms with E-state index in [0.717, 1.165) is 31.9 Å². The minimum absolute atomic E-state index is 0.426. The van der Waals surface area contributed by atoms with Crippen LogP contribution in [0.15, 0.2) is 24.4 Å². The lowest BCUT2D eigenvalue weighted by molar-refractivity contribution is 0.0318. The highest BCUT2D eigenvalue weighted by Gasteiger charge is 2.18. The monoisotopic (exact) mass is 249 g/mol.